The lowest BCUT2D eigenvalue weighted by atomic mass is 9.84. The van der Waals surface area contributed by atoms with Gasteiger partial charge in [0, 0.05) is 42.2 Å². The molecule has 14 heteroatoms. The molecule has 3 N–H and O–H groups in total. The summed E-state index contributed by atoms with van der Waals surface area (Å²) < 4.78 is 62.9. The van der Waals surface area contributed by atoms with Crippen LogP contribution >= 0.6 is 11.6 Å². The molecule has 0 unspecified atom stereocenters. The molecule has 2 heterocycles. The van der Waals surface area contributed by atoms with Crippen LogP contribution < -0.4 is 16.0 Å². The summed E-state index contributed by atoms with van der Waals surface area (Å²) in [7, 11) is -2.60. The summed E-state index contributed by atoms with van der Waals surface area (Å²) in [5.74, 6) is -2.85. The molecule has 10 nitrogen and oxygen atoms in total. The number of carbonyl (C=O) groups is 2. The zero-order chi connectivity index (χ0) is 35.0. The Morgan fingerprint density at radius 1 is 1.04 bits per heavy atom. The Kier molecular flexibility index (Phi) is 11.9. The first kappa shape index (κ1) is 35.9. The number of ether oxygens (including phenoxy) is 1. The van der Waals surface area contributed by atoms with E-state index in [4.69, 9.17) is 16.3 Å². The zero-order valence-electron chi connectivity index (χ0n) is 26.6. The van der Waals surface area contributed by atoms with Crippen LogP contribution in [0.3, 0.4) is 0 Å². The number of pyridine rings is 1. The van der Waals surface area contributed by atoms with E-state index in [1.165, 1.54) is 28.7 Å². The second-order valence-corrected chi connectivity index (χ2v) is 13.8. The van der Waals surface area contributed by atoms with Gasteiger partial charge in [0.25, 0.3) is 0 Å². The maximum Gasteiger partial charge on any atom is 0.407 e. The number of halogens is 3. The first-order valence-electron chi connectivity index (χ1n) is 15.6. The van der Waals surface area contributed by atoms with E-state index in [0.717, 1.165) is 13.3 Å². The van der Waals surface area contributed by atoms with Gasteiger partial charge in [-0.25, -0.2) is 22.0 Å². The van der Waals surface area contributed by atoms with Crippen LogP contribution in [0.1, 0.15) is 35.4 Å². The Morgan fingerprint density at radius 3 is 2.51 bits per heavy atom. The summed E-state index contributed by atoms with van der Waals surface area (Å²) in [6, 6.07) is 18.7. The van der Waals surface area contributed by atoms with Gasteiger partial charge in [0.2, 0.25) is 15.9 Å². The molecule has 0 bridgehead atoms. The molecular formula is C35H36ClF2N5O5S. The summed E-state index contributed by atoms with van der Waals surface area (Å²) in [6.45, 7) is 1.23. The topological polar surface area (TPSA) is 130 Å². The Morgan fingerprint density at radius 2 is 1.80 bits per heavy atom. The van der Waals surface area contributed by atoms with Gasteiger partial charge in [-0.15, -0.1) is 0 Å². The van der Waals surface area contributed by atoms with E-state index in [1.54, 1.807) is 60.7 Å². The Bertz CT molecular complexity index is 1870. The zero-order valence-corrected chi connectivity index (χ0v) is 28.2. The number of aromatic nitrogens is 1. The number of anilines is 1. The smallest absolute Gasteiger partial charge is 0.407 e. The van der Waals surface area contributed by atoms with E-state index in [1.807, 2.05) is 0 Å². The number of carbonyl (C=O) groups excluding carboxylic acids is 2. The molecule has 3 aromatic carbocycles. The number of methoxy groups -OCH3 is 1. The fraction of sp³-hybridized carbons (Fsp3) is 0.286. The Balaban J connectivity index is 1.39. The molecule has 0 radical (unpaired) electrons. The molecule has 1 aliphatic rings. The minimum atomic E-state index is -3.74. The first-order valence-corrected chi connectivity index (χ1v) is 17.5. The third-order valence-corrected chi connectivity index (χ3v) is 10.6. The molecule has 1 fully saturated rings. The van der Waals surface area contributed by atoms with Gasteiger partial charge in [0.05, 0.1) is 30.1 Å². The first-order chi connectivity index (χ1) is 23.6. The normalized spacial score (nSPS) is 16.4. The molecule has 5 rings (SSSR count). The van der Waals surface area contributed by atoms with E-state index < -0.39 is 45.6 Å². The fourth-order valence-corrected chi connectivity index (χ4v) is 7.82. The maximum atomic E-state index is 15.3. The molecule has 0 saturated carbocycles. The summed E-state index contributed by atoms with van der Waals surface area (Å²) in [4.78, 5) is 30.7. The van der Waals surface area contributed by atoms with Crippen molar-refractivity contribution in [2.24, 2.45) is 0 Å². The lowest BCUT2D eigenvalue weighted by Gasteiger charge is -2.35. The molecule has 1 aliphatic heterocycles. The van der Waals surface area contributed by atoms with Crippen molar-refractivity contribution >= 4 is 39.3 Å². The largest absolute Gasteiger partial charge is 0.453 e. The van der Waals surface area contributed by atoms with Crippen LogP contribution in [-0.4, -0.2) is 68.5 Å². The lowest BCUT2D eigenvalue weighted by molar-refractivity contribution is -0.118. The van der Waals surface area contributed by atoms with E-state index in [2.05, 4.69) is 20.9 Å². The summed E-state index contributed by atoms with van der Waals surface area (Å²) in [5.41, 5.74) is 1.16. The summed E-state index contributed by atoms with van der Waals surface area (Å²) >= 11 is 6.12. The van der Waals surface area contributed by atoms with Gasteiger partial charge in [-0.1, -0.05) is 54.1 Å². The van der Waals surface area contributed by atoms with Crippen molar-refractivity contribution in [3.8, 4) is 0 Å². The molecule has 49 heavy (non-hydrogen) atoms. The molecule has 1 aromatic heterocycles. The number of piperazine rings is 1. The van der Waals surface area contributed by atoms with Crippen LogP contribution in [0.25, 0.3) is 0 Å². The molecule has 258 valence electrons. The summed E-state index contributed by atoms with van der Waals surface area (Å²) in [5, 5.41) is 8.95. The lowest BCUT2D eigenvalue weighted by Crippen LogP contribution is -2.53. The van der Waals surface area contributed by atoms with Crippen molar-refractivity contribution < 1.29 is 31.5 Å². The van der Waals surface area contributed by atoms with Gasteiger partial charge in [0.15, 0.2) is 0 Å². The van der Waals surface area contributed by atoms with Crippen molar-refractivity contribution in [1.82, 2.24) is 19.9 Å². The van der Waals surface area contributed by atoms with Gasteiger partial charge in [-0.05, 0) is 66.8 Å². The second-order valence-electron chi connectivity index (χ2n) is 11.5. The number of hydrogen-bond acceptors (Lipinski definition) is 7. The maximum absolute atomic E-state index is 15.3. The Labute approximate surface area is 288 Å². The molecular weight excluding hydrogens is 676 g/mol. The number of nitrogens with zero attached hydrogens (tertiary/aromatic N) is 2. The van der Waals surface area contributed by atoms with Crippen LogP contribution in [0, 0.1) is 11.6 Å². The SMILES string of the molecule is COC(=O)N[C@H](C(=O)Nc1cncc(F)c1CCC[C@H]1CNCCN1S(=O)(=O)c1ccccc1)[C@@H](c1ccc(Cl)cc1)c1cccc(F)c1. The number of rotatable bonds is 12. The van der Waals surface area contributed by atoms with Gasteiger partial charge < -0.3 is 20.7 Å². The van der Waals surface area contributed by atoms with Crippen LogP contribution in [-0.2, 0) is 26.0 Å². The van der Waals surface area contributed by atoms with Crippen molar-refractivity contribution in [3.63, 3.8) is 0 Å². The van der Waals surface area contributed by atoms with Crippen LogP contribution in [0.5, 0.6) is 0 Å². The quantitative estimate of drug-likeness (QED) is 0.177. The molecule has 4 aromatic rings. The van der Waals surface area contributed by atoms with Crippen molar-refractivity contribution in [1.29, 1.82) is 0 Å². The van der Waals surface area contributed by atoms with Crippen molar-refractivity contribution in [3.05, 3.63) is 125 Å². The second kappa shape index (κ2) is 16.3. The average Bonchev–Trinajstić information content (AvgIpc) is 3.10. The van der Waals surface area contributed by atoms with E-state index >= 15 is 4.39 Å². The van der Waals surface area contributed by atoms with E-state index in [-0.39, 0.29) is 28.6 Å². The summed E-state index contributed by atoms with van der Waals surface area (Å²) in [6.07, 6.45) is 2.38. The number of amides is 2. The number of nitrogens with one attached hydrogen (secondary N) is 3. The third-order valence-electron chi connectivity index (χ3n) is 8.38. The average molecular weight is 712 g/mol. The number of alkyl carbamates (subject to hydrolysis) is 1. The molecule has 3 atom stereocenters. The molecule has 0 spiro atoms. The Hall–Kier alpha value is -4.43. The molecule has 1 saturated heterocycles. The monoisotopic (exact) mass is 711 g/mol. The third kappa shape index (κ3) is 8.79. The highest BCUT2D eigenvalue weighted by Gasteiger charge is 2.35. The van der Waals surface area contributed by atoms with Crippen LogP contribution in [0.2, 0.25) is 5.02 Å². The van der Waals surface area contributed by atoms with Gasteiger partial charge in [-0.3, -0.25) is 9.78 Å². The highest BCUT2D eigenvalue weighted by Crippen LogP contribution is 2.32. The van der Waals surface area contributed by atoms with Crippen LogP contribution in [0.15, 0.2) is 96.2 Å². The van der Waals surface area contributed by atoms with Crippen molar-refractivity contribution in [2.75, 3.05) is 32.1 Å². The molecule has 2 amide bonds. The van der Waals surface area contributed by atoms with Crippen molar-refractivity contribution in [2.45, 2.75) is 42.2 Å². The number of sulfonamides is 1. The standard InChI is InChI=1S/C35H36ClF2N5O5S/c1-48-35(45)42-33(32(23-13-15-25(36)16-14-23)24-7-5-8-26(37)19-24)34(44)41-31-22-40-21-30(38)29(31)12-6-9-27-20-39-17-18-43(27)49(46,47)28-10-3-2-4-11-28/h2-5,7-8,10-11,13-16,19,21-22,27,32-33,39H,6,9,12,17-18,20H2,1H3,(H,41,44)(H,42,45)/t27-,32-,33-/m0/s1. The fourth-order valence-electron chi connectivity index (χ4n) is 6.01. The van der Waals surface area contributed by atoms with Gasteiger partial charge in [-0.2, -0.15) is 4.31 Å². The van der Waals surface area contributed by atoms with E-state index in [0.29, 0.717) is 48.6 Å². The number of hydrogen-bond donors (Lipinski definition) is 3. The highest BCUT2D eigenvalue weighted by molar-refractivity contribution is 7.89. The minimum Gasteiger partial charge on any atom is -0.453 e. The predicted octanol–water partition coefficient (Wildman–Crippen LogP) is 5.49. The predicted molar refractivity (Wildman–Crippen MR) is 182 cm³/mol. The van der Waals surface area contributed by atoms with Crippen LogP contribution in [0.4, 0.5) is 19.3 Å². The number of benzene rings is 3. The molecule has 0 aliphatic carbocycles. The van der Waals surface area contributed by atoms with E-state index in [9.17, 15) is 22.4 Å². The minimum absolute atomic E-state index is 0.0753. The van der Waals surface area contributed by atoms with Gasteiger partial charge in [0.1, 0.15) is 17.7 Å². The highest BCUT2D eigenvalue weighted by atomic mass is 35.5. The van der Waals surface area contributed by atoms with Gasteiger partial charge >= 0.3 is 6.09 Å².